The topological polar surface area (TPSA) is 67.9 Å². The molecule has 0 fully saturated rings. The van der Waals surface area contributed by atoms with Crippen molar-refractivity contribution in [1.29, 1.82) is 0 Å². The van der Waals surface area contributed by atoms with Gasteiger partial charge in [-0.3, -0.25) is 9.69 Å². The Labute approximate surface area is 220 Å². The molecule has 1 aliphatic rings. The molecule has 0 saturated heterocycles. The number of benzene rings is 3. The first-order valence-corrected chi connectivity index (χ1v) is 13.4. The van der Waals surface area contributed by atoms with Crippen molar-refractivity contribution in [3.8, 4) is 5.75 Å². The molecule has 0 atom stereocenters. The number of thiophene rings is 1. The van der Waals surface area contributed by atoms with Crippen LogP contribution in [0.15, 0.2) is 66.7 Å². The maximum atomic E-state index is 13.7. The van der Waals surface area contributed by atoms with E-state index in [4.69, 9.17) is 9.47 Å². The van der Waals surface area contributed by atoms with Gasteiger partial charge in [-0.15, -0.1) is 11.3 Å². The molecule has 1 aromatic heterocycles. The minimum absolute atomic E-state index is 0.273. The van der Waals surface area contributed by atoms with Crippen molar-refractivity contribution in [3.05, 3.63) is 93.9 Å². The first kappa shape index (κ1) is 25.0. The molecule has 7 heteroatoms. The van der Waals surface area contributed by atoms with Gasteiger partial charge < -0.3 is 14.8 Å². The molecule has 1 N–H and O–H groups in total. The van der Waals surface area contributed by atoms with E-state index < -0.39 is 5.97 Å². The predicted octanol–water partition coefficient (Wildman–Crippen LogP) is 6.29. The number of fused-ring (bicyclic) bond motifs is 2. The highest BCUT2D eigenvalue weighted by atomic mass is 32.1. The number of nitrogens with zero attached hydrogens (tertiary/aromatic N) is 1. The molecule has 4 aromatic rings. The third-order valence-electron chi connectivity index (χ3n) is 6.51. The van der Waals surface area contributed by atoms with Crippen LogP contribution in [0.3, 0.4) is 0 Å². The third-order valence-corrected chi connectivity index (χ3v) is 7.64. The summed E-state index contributed by atoms with van der Waals surface area (Å²) in [7, 11) is 0. The van der Waals surface area contributed by atoms with Gasteiger partial charge in [0.25, 0.3) is 5.91 Å². The molecule has 0 spiro atoms. The largest absolute Gasteiger partial charge is 0.493 e. The molecule has 0 radical (unpaired) electrons. The van der Waals surface area contributed by atoms with Crippen molar-refractivity contribution >= 4 is 39.0 Å². The summed E-state index contributed by atoms with van der Waals surface area (Å²) in [6.45, 7) is 6.78. The number of anilines is 1. The summed E-state index contributed by atoms with van der Waals surface area (Å²) < 4.78 is 11.2. The summed E-state index contributed by atoms with van der Waals surface area (Å²) >= 11 is 1.46. The number of amides is 1. The maximum Gasteiger partial charge on any atom is 0.341 e. The molecule has 0 aliphatic carbocycles. The van der Waals surface area contributed by atoms with E-state index >= 15 is 0 Å². The van der Waals surface area contributed by atoms with Gasteiger partial charge in [0, 0.05) is 24.5 Å². The molecule has 0 unspecified atom stereocenters. The number of carbonyl (C=O) groups is 2. The molecule has 0 bridgehead atoms. The lowest BCUT2D eigenvalue weighted by atomic mass is 10.0. The van der Waals surface area contributed by atoms with Crippen LogP contribution in [0, 0.1) is 0 Å². The fourth-order valence-electron chi connectivity index (χ4n) is 4.87. The SMILES string of the molecule is CCOC(=O)c1c(NC(=O)c2c(OCC)ccc3ccccc23)sc2c1CCN(Cc1ccccc1)C2. The zero-order valence-electron chi connectivity index (χ0n) is 21.1. The van der Waals surface area contributed by atoms with E-state index in [1.807, 2.05) is 61.5 Å². The standard InChI is InChI=1S/C30H30N2O4S/c1-3-35-24-15-14-21-12-8-9-13-22(21)26(24)28(33)31-29-27(30(34)36-4-2)23-16-17-32(19-25(23)37-29)18-20-10-6-5-7-11-20/h5-15H,3-4,16-19H2,1-2H3,(H,31,33). The summed E-state index contributed by atoms with van der Waals surface area (Å²) in [6.07, 6.45) is 0.723. The lowest BCUT2D eigenvalue weighted by Gasteiger charge is -2.27. The molecule has 2 heterocycles. The smallest absolute Gasteiger partial charge is 0.341 e. The summed E-state index contributed by atoms with van der Waals surface area (Å²) in [5, 5.41) is 5.34. The Morgan fingerprint density at radius 3 is 2.51 bits per heavy atom. The van der Waals surface area contributed by atoms with Crippen LogP contribution >= 0.6 is 11.3 Å². The Kier molecular flexibility index (Phi) is 7.53. The van der Waals surface area contributed by atoms with Gasteiger partial charge in [0.1, 0.15) is 10.8 Å². The Hall–Kier alpha value is -3.68. The van der Waals surface area contributed by atoms with Crippen molar-refractivity contribution < 1.29 is 19.1 Å². The van der Waals surface area contributed by atoms with Gasteiger partial charge in [0.2, 0.25) is 0 Å². The number of rotatable bonds is 8. The number of ether oxygens (including phenoxy) is 2. The first-order chi connectivity index (χ1) is 18.1. The molecule has 1 amide bonds. The van der Waals surface area contributed by atoms with E-state index in [2.05, 4.69) is 22.3 Å². The van der Waals surface area contributed by atoms with E-state index in [9.17, 15) is 9.59 Å². The van der Waals surface area contributed by atoms with E-state index in [1.54, 1.807) is 6.92 Å². The van der Waals surface area contributed by atoms with Gasteiger partial charge >= 0.3 is 5.97 Å². The first-order valence-electron chi connectivity index (χ1n) is 12.6. The molecular formula is C30H30N2O4S. The number of esters is 1. The average molecular weight is 515 g/mol. The van der Waals surface area contributed by atoms with Crippen LogP contribution in [-0.4, -0.2) is 36.5 Å². The monoisotopic (exact) mass is 514 g/mol. The minimum Gasteiger partial charge on any atom is -0.493 e. The Bertz CT molecular complexity index is 1430. The Morgan fingerprint density at radius 1 is 0.946 bits per heavy atom. The number of hydrogen-bond donors (Lipinski definition) is 1. The van der Waals surface area contributed by atoms with Crippen LogP contribution in [-0.2, 0) is 24.2 Å². The lowest BCUT2D eigenvalue weighted by molar-refractivity contribution is 0.0526. The molecule has 5 rings (SSSR count). The predicted molar refractivity (Wildman–Crippen MR) is 148 cm³/mol. The summed E-state index contributed by atoms with van der Waals surface area (Å²) in [4.78, 5) is 30.2. The summed E-state index contributed by atoms with van der Waals surface area (Å²) in [5.74, 6) is -0.174. The summed E-state index contributed by atoms with van der Waals surface area (Å²) in [6, 6.07) is 21.9. The fourth-order valence-corrected chi connectivity index (χ4v) is 6.14. The van der Waals surface area contributed by atoms with Crippen LogP contribution in [0.1, 0.15) is 50.6 Å². The fraction of sp³-hybridized carbons (Fsp3) is 0.267. The van der Waals surface area contributed by atoms with E-state index in [1.165, 1.54) is 16.9 Å². The van der Waals surface area contributed by atoms with Crippen molar-refractivity contribution in [3.63, 3.8) is 0 Å². The zero-order valence-corrected chi connectivity index (χ0v) is 21.9. The highest BCUT2D eigenvalue weighted by molar-refractivity contribution is 7.17. The van der Waals surface area contributed by atoms with Crippen molar-refractivity contribution in [2.45, 2.75) is 33.4 Å². The average Bonchev–Trinajstić information content (AvgIpc) is 3.26. The number of nitrogens with one attached hydrogen (secondary N) is 1. The van der Waals surface area contributed by atoms with Crippen LogP contribution in [0.2, 0.25) is 0 Å². The van der Waals surface area contributed by atoms with Crippen molar-refractivity contribution in [1.82, 2.24) is 4.90 Å². The molecule has 190 valence electrons. The number of carbonyl (C=O) groups excluding carboxylic acids is 2. The normalized spacial score (nSPS) is 13.2. The van der Waals surface area contributed by atoms with Crippen LogP contribution in [0.25, 0.3) is 10.8 Å². The zero-order chi connectivity index (χ0) is 25.8. The quantitative estimate of drug-likeness (QED) is 0.280. The second kappa shape index (κ2) is 11.2. The number of hydrogen-bond acceptors (Lipinski definition) is 6. The van der Waals surface area contributed by atoms with Gasteiger partial charge in [-0.05, 0) is 48.2 Å². The van der Waals surface area contributed by atoms with Crippen LogP contribution < -0.4 is 10.1 Å². The Morgan fingerprint density at radius 2 is 1.73 bits per heavy atom. The van der Waals surface area contributed by atoms with Crippen LogP contribution in [0.4, 0.5) is 5.00 Å². The van der Waals surface area contributed by atoms with E-state index in [-0.39, 0.29) is 12.5 Å². The molecule has 3 aromatic carbocycles. The summed E-state index contributed by atoms with van der Waals surface area (Å²) in [5.41, 5.74) is 3.17. The highest BCUT2D eigenvalue weighted by Gasteiger charge is 2.30. The molecule has 37 heavy (non-hydrogen) atoms. The van der Waals surface area contributed by atoms with Crippen LogP contribution in [0.5, 0.6) is 5.75 Å². The second-order valence-electron chi connectivity index (χ2n) is 8.92. The Balaban J connectivity index is 1.49. The molecule has 6 nitrogen and oxygen atoms in total. The molecule has 1 aliphatic heterocycles. The lowest BCUT2D eigenvalue weighted by Crippen LogP contribution is -2.29. The molecular weight excluding hydrogens is 484 g/mol. The van der Waals surface area contributed by atoms with E-state index in [0.717, 1.165) is 47.3 Å². The maximum absolute atomic E-state index is 13.7. The third kappa shape index (κ3) is 5.24. The van der Waals surface area contributed by atoms with Gasteiger partial charge in [-0.2, -0.15) is 0 Å². The van der Waals surface area contributed by atoms with Crippen molar-refractivity contribution in [2.24, 2.45) is 0 Å². The molecule has 0 saturated carbocycles. The van der Waals surface area contributed by atoms with Gasteiger partial charge in [-0.25, -0.2) is 4.79 Å². The van der Waals surface area contributed by atoms with Gasteiger partial charge in [-0.1, -0.05) is 60.7 Å². The second-order valence-corrected chi connectivity index (χ2v) is 10.0. The van der Waals surface area contributed by atoms with Crippen molar-refractivity contribution in [2.75, 3.05) is 25.1 Å². The van der Waals surface area contributed by atoms with Gasteiger partial charge in [0.05, 0.1) is 24.3 Å². The van der Waals surface area contributed by atoms with E-state index in [0.29, 0.717) is 28.5 Å². The highest BCUT2D eigenvalue weighted by Crippen LogP contribution is 2.39. The van der Waals surface area contributed by atoms with Gasteiger partial charge in [0.15, 0.2) is 0 Å². The minimum atomic E-state index is -0.394.